The molecule has 0 spiro atoms. The first kappa shape index (κ1) is 19.3. The van der Waals surface area contributed by atoms with Crippen LogP contribution in [-0.4, -0.2) is 4.98 Å². The molecule has 0 saturated heterocycles. The maximum atomic E-state index is 3.74. The van der Waals surface area contributed by atoms with Gasteiger partial charge in [-0.3, -0.25) is 0 Å². The molecule has 0 aliphatic heterocycles. The summed E-state index contributed by atoms with van der Waals surface area (Å²) in [4.78, 5) is 3.74. The second kappa shape index (κ2) is 8.22. The van der Waals surface area contributed by atoms with Gasteiger partial charge in [-0.2, -0.15) is 0 Å². The van der Waals surface area contributed by atoms with Crippen molar-refractivity contribution in [2.45, 2.75) is 39.5 Å². The van der Waals surface area contributed by atoms with E-state index in [1.807, 2.05) is 0 Å². The van der Waals surface area contributed by atoms with Crippen molar-refractivity contribution in [3.63, 3.8) is 0 Å². The Morgan fingerprint density at radius 2 is 1.03 bits per heavy atom. The Balaban J connectivity index is 1.67. The van der Waals surface area contributed by atoms with Gasteiger partial charge >= 0.3 is 0 Å². The van der Waals surface area contributed by atoms with E-state index in [2.05, 4.69) is 103 Å². The maximum Gasteiger partial charge on any atom is 0.0544 e. The number of fused-ring (bicyclic) bond motifs is 7. The summed E-state index contributed by atoms with van der Waals surface area (Å²) in [6.07, 6.45) is 4.07. The zero-order valence-electron chi connectivity index (χ0n) is 18.1. The van der Waals surface area contributed by atoms with Crippen LogP contribution in [0, 0.1) is 23.7 Å². The molecular formula is C30H25N. The Hall–Kier alpha value is -3.68. The molecule has 4 aromatic carbocycles. The summed E-state index contributed by atoms with van der Waals surface area (Å²) in [5.41, 5.74) is 4.55. The molecule has 0 atom stereocenters. The monoisotopic (exact) mass is 399 g/mol. The number of benzene rings is 4. The normalized spacial score (nSPS) is 10.9. The first-order chi connectivity index (χ1) is 15.3. The fourth-order valence-corrected chi connectivity index (χ4v) is 4.24. The van der Waals surface area contributed by atoms with Gasteiger partial charge in [0.25, 0.3) is 0 Å². The molecule has 31 heavy (non-hydrogen) atoms. The van der Waals surface area contributed by atoms with Crippen molar-refractivity contribution in [3.8, 4) is 23.7 Å². The second-order valence-corrected chi connectivity index (χ2v) is 8.08. The van der Waals surface area contributed by atoms with Crippen molar-refractivity contribution in [3.05, 3.63) is 71.8 Å². The number of aromatic nitrogens is 1. The van der Waals surface area contributed by atoms with Crippen LogP contribution in [0.5, 0.6) is 0 Å². The van der Waals surface area contributed by atoms with Gasteiger partial charge in [0.15, 0.2) is 0 Å². The summed E-state index contributed by atoms with van der Waals surface area (Å²) in [7, 11) is 0. The summed E-state index contributed by atoms with van der Waals surface area (Å²) in [6.45, 7) is 4.32. The number of aromatic amines is 1. The smallest absolute Gasteiger partial charge is 0.0544 e. The molecule has 0 saturated carbocycles. The topological polar surface area (TPSA) is 15.8 Å². The minimum atomic E-state index is 0.943. The van der Waals surface area contributed by atoms with Crippen LogP contribution < -0.4 is 0 Å². The molecule has 1 heterocycles. The van der Waals surface area contributed by atoms with Gasteiger partial charge in [-0.05, 0) is 47.9 Å². The molecule has 0 radical (unpaired) electrons. The lowest BCUT2D eigenvalue weighted by molar-refractivity contribution is 0.983. The maximum absolute atomic E-state index is 3.74. The summed E-state index contributed by atoms with van der Waals surface area (Å²) >= 11 is 0. The largest absolute Gasteiger partial charge is 0.353 e. The zero-order valence-corrected chi connectivity index (χ0v) is 18.1. The van der Waals surface area contributed by atoms with E-state index in [0.717, 1.165) is 36.8 Å². The second-order valence-electron chi connectivity index (χ2n) is 8.08. The molecule has 0 aliphatic carbocycles. The van der Waals surface area contributed by atoms with Gasteiger partial charge < -0.3 is 4.98 Å². The number of unbranched alkanes of at least 4 members (excludes halogenated alkanes) is 2. The highest BCUT2D eigenvalue weighted by Crippen LogP contribution is 2.35. The summed E-state index contributed by atoms with van der Waals surface area (Å²) in [6, 6.07) is 22.0. The highest BCUT2D eigenvalue weighted by atomic mass is 14.7. The number of H-pyrrole nitrogens is 1. The van der Waals surface area contributed by atoms with Crippen LogP contribution in [0.3, 0.4) is 0 Å². The molecule has 1 heteroatoms. The third kappa shape index (κ3) is 3.54. The molecule has 0 bridgehead atoms. The van der Waals surface area contributed by atoms with Gasteiger partial charge in [-0.25, -0.2) is 0 Å². The molecule has 150 valence electrons. The van der Waals surface area contributed by atoms with Crippen molar-refractivity contribution in [1.29, 1.82) is 0 Å². The molecule has 0 aliphatic rings. The molecule has 0 unspecified atom stereocenters. The molecule has 5 aromatic rings. The predicted octanol–water partition coefficient (Wildman–Crippen LogP) is 7.93. The van der Waals surface area contributed by atoms with Crippen molar-refractivity contribution in [2.75, 3.05) is 0 Å². The predicted molar refractivity (Wildman–Crippen MR) is 134 cm³/mol. The molecule has 1 aromatic heterocycles. The first-order valence-corrected chi connectivity index (χ1v) is 11.2. The quantitative estimate of drug-likeness (QED) is 0.290. The highest BCUT2D eigenvalue weighted by molar-refractivity contribution is 6.22. The highest BCUT2D eigenvalue weighted by Gasteiger charge is 2.10. The lowest BCUT2D eigenvalue weighted by Gasteiger charge is -2.01. The van der Waals surface area contributed by atoms with Gasteiger partial charge in [-0.1, -0.05) is 73.9 Å². The third-order valence-corrected chi connectivity index (χ3v) is 5.80. The Labute approximate surface area is 183 Å². The van der Waals surface area contributed by atoms with E-state index in [1.165, 1.54) is 43.4 Å². The zero-order chi connectivity index (χ0) is 21.2. The average molecular weight is 400 g/mol. The van der Waals surface area contributed by atoms with Crippen LogP contribution >= 0.6 is 0 Å². The van der Waals surface area contributed by atoms with Gasteiger partial charge in [0.2, 0.25) is 0 Å². The van der Waals surface area contributed by atoms with Crippen molar-refractivity contribution in [1.82, 2.24) is 4.98 Å². The van der Waals surface area contributed by atoms with Crippen molar-refractivity contribution < 1.29 is 0 Å². The van der Waals surface area contributed by atoms with Gasteiger partial charge in [0, 0.05) is 45.5 Å². The van der Waals surface area contributed by atoms with E-state index in [1.54, 1.807) is 0 Å². The van der Waals surface area contributed by atoms with Crippen LogP contribution in [0.4, 0.5) is 0 Å². The molecule has 1 nitrogen and oxygen atoms in total. The van der Waals surface area contributed by atoms with Crippen LogP contribution in [0.25, 0.3) is 43.4 Å². The fourth-order valence-electron chi connectivity index (χ4n) is 4.24. The van der Waals surface area contributed by atoms with Crippen molar-refractivity contribution in [2.24, 2.45) is 0 Å². The molecule has 0 amide bonds. The standard InChI is InChI=1S/C30H25N/c1-3-5-7-9-21-11-15-25-23(19-21)13-17-27-28-18-14-24-20-22(10-8-6-4-2)12-16-26(24)30(28)31-29(25)27/h11-20,31H,3-6H2,1-2H3. The van der Waals surface area contributed by atoms with E-state index in [4.69, 9.17) is 0 Å². The summed E-state index contributed by atoms with van der Waals surface area (Å²) in [5, 5.41) is 7.46. The molecule has 1 N–H and O–H groups in total. The SMILES string of the molecule is CCCC#Cc1ccc2c(ccc3c4ccc5cc(C#CCCC)ccc5c4[nH]c23)c1. The summed E-state index contributed by atoms with van der Waals surface area (Å²) < 4.78 is 0. The van der Waals surface area contributed by atoms with E-state index in [0.29, 0.717) is 0 Å². The van der Waals surface area contributed by atoms with E-state index in [9.17, 15) is 0 Å². The minimum Gasteiger partial charge on any atom is -0.353 e. The van der Waals surface area contributed by atoms with E-state index < -0.39 is 0 Å². The molecular weight excluding hydrogens is 374 g/mol. The molecule has 0 fully saturated rings. The number of hydrogen-bond acceptors (Lipinski definition) is 0. The van der Waals surface area contributed by atoms with Crippen LogP contribution in [-0.2, 0) is 0 Å². The first-order valence-electron chi connectivity index (χ1n) is 11.2. The number of nitrogens with one attached hydrogen (secondary N) is 1. The number of rotatable bonds is 2. The lowest BCUT2D eigenvalue weighted by atomic mass is 10.0. The fraction of sp³-hybridized carbons (Fsp3) is 0.200. The van der Waals surface area contributed by atoms with Gasteiger partial charge in [0.1, 0.15) is 0 Å². The minimum absolute atomic E-state index is 0.943. The molecule has 5 rings (SSSR count). The number of hydrogen-bond donors (Lipinski definition) is 1. The lowest BCUT2D eigenvalue weighted by Crippen LogP contribution is -1.80. The van der Waals surface area contributed by atoms with Crippen LogP contribution in [0.2, 0.25) is 0 Å². The van der Waals surface area contributed by atoms with Crippen molar-refractivity contribution >= 4 is 43.4 Å². The van der Waals surface area contributed by atoms with Crippen LogP contribution in [0.15, 0.2) is 60.7 Å². The Morgan fingerprint density at radius 1 is 0.581 bits per heavy atom. The third-order valence-electron chi connectivity index (χ3n) is 5.80. The van der Waals surface area contributed by atoms with Gasteiger partial charge in [0.05, 0.1) is 11.0 Å². The van der Waals surface area contributed by atoms with E-state index >= 15 is 0 Å². The Kier molecular flexibility index (Phi) is 5.11. The summed E-state index contributed by atoms with van der Waals surface area (Å²) in [5.74, 6) is 13.1. The Morgan fingerprint density at radius 3 is 1.48 bits per heavy atom. The Bertz CT molecular complexity index is 1440. The average Bonchev–Trinajstić information content (AvgIpc) is 3.18. The van der Waals surface area contributed by atoms with E-state index in [-0.39, 0.29) is 0 Å². The van der Waals surface area contributed by atoms with Gasteiger partial charge in [-0.15, -0.1) is 0 Å². The van der Waals surface area contributed by atoms with Crippen LogP contribution in [0.1, 0.15) is 50.7 Å².